The van der Waals surface area contributed by atoms with Crippen LogP contribution in [0.2, 0.25) is 0 Å². The van der Waals surface area contributed by atoms with Crippen LogP contribution in [0.25, 0.3) is 0 Å². The summed E-state index contributed by atoms with van der Waals surface area (Å²) in [6, 6.07) is 0. The van der Waals surface area contributed by atoms with Gasteiger partial charge in [0.2, 0.25) is 0 Å². The third kappa shape index (κ3) is 1.67. The molecule has 0 aliphatic carbocycles. The molecular weight excluding hydrogens is 244 g/mol. The van der Waals surface area contributed by atoms with Crippen molar-refractivity contribution >= 4 is 0 Å². The lowest BCUT2D eigenvalue weighted by Gasteiger charge is -2.70. The maximum Gasteiger partial charge on any atom is 0.148 e. The number of hydrogen-bond acceptors (Lipinski definition) is 4. The van der Waals surface area contributed by atoms with Crippen LogP contribution >= 0.6 is 0 Å². The molecule has 2 heterocycles. The molecule has 1 spiro atoms. The van der Waals surface area contributed by atoms with Crippen LogP contribution in [0.4, 0.5) is 0 Å². The monoisotopic (exact) mass is 272 g/mol. The van der Waals surface area contributed by atoms with Gasteiger partial charge in [0.1, 0.15) is 13.6 Å². The predicted molar refractivity (Wildman–Crippen MR) is 72.8 cm³/mol. The van der Waals surface area contributed by atoms with Crippen molar-refractivity contribution in [2.75, 3.05) is 13.6 Å². The fourth-order valence-electron chi connectivity index (χ4n) is 5.43. The van der Waals surface area contributed by atoms with Crippen molar-refractivity contribution in [2.45, 2.75) is 77.8 Å². The summed E-state index contributed by atoms with van der Waals surface area (Å²) in [5, 5.41) is 0. The Morgan fingerprint density at radius 2 is 0.684 bits per heavy atom. The van der Waals surface area contributed by atoms with Gasteiger partial charge in [-0.3, -0.25) is 0 Å². The summed E-state index contributed by atoms with van der Waals surface area (Å²) in [6.45, 7) is 17.5. The van der Waals surface area contributed by atoms with E-state index in [1.807, 2.05) is 0 Å². The normalized spacial score (nSPS) is 34.1. The van der Waals surface area contributed by atoms with Gasteiger partial charge in [0.15, 0.2) is 0 Å². The van der Waals surface area contributed by atoms with Crippen molar-refractivity contribution in [3.8, 4) is 0 Å². The molecule has 0 atom stereocenters. The third-order valence-electron chi connectivity index (χ3n) is 5.29. The summed E-state index contributed by atoms with van der Waals surface area (Å²) >= 11 is 0. The van der Waals surface area contributed by atoms with Crippen LogP contribution in [-0.4, -0.2) is 36.0 Å². The molecule has 19 heavy (non-hydrogen) atoms. The van der Waals surface area contributed by atoms with Crippen molar-refractivity contribution in [3.05, 3.63) is 0 Å². The highest BCUT2D eigenvalue weighted by Crippen LogP contribution is 2.64. The maximum absolute atomic E-state index is 5.98. The minimum atomic E-state index is -0.448. The minimum absolute atomic E-state index is 0.300. The molecule has 0 aromatic carbocycles. The first-order valence-corrected chi connectivity index (χ1v) is 6.97. The second-order valence-electron chi connectivity index (χ2n) is 7.60. The molecule has 0 aromatic rings. The van der Waals surface area contributed by atoms with Crippen LogP contribution in [-0.2, 0) is 18.9 Å². The molecule has 2 aliphatic heterocycles. The first kappa shape index (κ1) is 15.2. The molecule has 112 valence electrons. The van der Waals surface area contributed by atoms with Crippen molar-refractivity contribution < 1.29 is 18.9 Å². The van der Waals surface area contributed by atoms with E-state index < -0.39 is 27.8 Å². The van der Waals surface area contributed by atoms with Crippen molar-refractivity contribution in [2.24, 2.45) is 5.41 Å². The van der Waals surface area contributed by atoms with Gasteiger partial charge in [0.05, 0.1) is 27.8 Å². The van der Waals surface area contributed by atoms with E-state index in [4.69, 9.17) is 18.9 Å². The Kier molecular flexibility index (Phi) is 3.16. The molecule has 2 saturated heterocycles. The zero-order valence-corrected chi connectivity index (χ0v) is 13.5. The Balaban J connectivity index is 2.73. The van der Waals surface area contributed by atoms with Crippen molar-refractivity contribution in [1.82, 2.24) is 0 Å². The Bertz CT molecular complexity index is 297. The number of hydrogen-bond donors (Lipinski definition) is 0. The summed E-state index contributed by atoms with van der Waals surface area (Å²) < 4.78 is 23.9. The number of rotatable bonds is 0. The Hall–Kier alpha value is -0.160. The van der Waals surface area contributed by atoms with Gasteiger partial charge < -0.3 is 18.9 Å². The van der Waals surface area contributed by atoms with E-state index in [9.17, 15) is 0 Å². The molecule has 2 aliphatic rings. The molecule has 0 radical (unpaired) electrons. The molecular formula is C15H28O4. The van der Waals surface area contributed by atoms with E-state index in [-0.39, 0.29) is 0 Å². The van der Waals surface area contributed by atoms with Crippen LogP contribution in [0.15, 0.2) is 0 Å². The lowest BCUT2D eigenvalue weighted by Crippen LogP contribution is -2.81. The summed E-state index contributed by atoms with van der Waals surface area (Å²) in [5.74, 6) is 0. The van der Waals surface area contributed by atoms with Crippen molar-refractivity contribution in [3.63, 3.8) is 0 Å². The fourth-order valence-corrected chi connectivity index (χ4v) is 5.43. The molecule has 2 rings (SSSR count). The molecule has 0 bridgehead atoms. The lowest BCUT2D eigenvalue weighted by atomic mass is 9.47. The maximum atomic E-state index is 5.98. The topological polar surface area (TPSA) is 36.9 Å². The van der Waals surface area contributed by atoms with Gasteiger partial charge in [0.25, 0.3) is 0 Å². The highest BCUT2D eigenvalue weighted by molar-refractivity contribution is 5.22. The van der Waals surface area contributed by atoms with Gasteiger partial charge in [-0.2, -0.15) is 0 Å². The van der Waals surface area contributed by atoms with E-state index in [0.29, 0.717) is 13.6 Å². The van der Waals surface area contributed by atoms with Gasteiger partial charge in [-0.25, -0.2) is 0 Å². The van der Waals surface area contributed by atoms with Gasteiger partial charge in [-0.05, 0) is 55.4 Å². The van der Waals surface area contributed by atoms with Crippen molar-refractivity contribution in [1.29, 1.82) is 0 Å². The molecule has 0 unspecified atom stereocenters. The Morgan fingerprint density at radius 1 is 0.474 bits per heavy atom. The van der Waals surface area contributed by atoms with Crippen LogP contribution in [0, 0.1) is 5.41 Å². The SMILES string of the molecule is CC1(C)OCOC(C)(C)C12C(C)(C)OCOC2(C)C. The van der Waals surface area contributed by atoms with Gasteiger partial charge in [-0.15, -0.1) is 0 Å². The van der Waals surface area contributed by atoms with E-state index >= 15 is 0 Å². The molecule has 4 heteroatoms. The summed E-state index contributed by atoms with van der Waals surface area (Å²) in [5.41, 5.74) is -2.16. The van der Waals surface area contributed by atoms with Gasteiger partial charge in [-0.1, -0.05) is 0 Å². The standard InChI is InChI=1S/C15H28O4/c1-11(2)15(12(3,4)17-9-16-11)13(5,6)18-10-19-14(15,7)8/h9-10H2,1-8H3. The van der Waals surface area contributed by atoms with Crippen LogP contribution < -0.4 is 0 Å². The average molecular weight is 272 g/mol. The third-order valence-corrected chi connectivity index (χ3v) is 5.29. The average Bonchev–Trinajstić information content (AvgIpc) is 2.10. The van der Waals surface area contributed by atoms with Gasteiger partial charge in [0, 0.05) is 0 Å². The summed E-state index contributed by atoms with van der Waals surface area (Å²) in [6.07, 6.45) is 0. The van der Waals surface area contributed by atoms with E-state index in [1.165, 1.54) is 0 Å². The first-order chi connectivity index (χ1) is 8.41. The molecule has 0 aromatic heterocycles. The second-order valence-corrected chi connectivity index (χ2v) is 7.60. The van der Waals surface area contributed by atoms with E-state index in [0.717, 1.165) is 0 Å². The van der Waals surface area contributed by atoms with Crippen LogP contribution in [0.3, 0.4) is 0 Å². The molecule has 0 N–H and O–H groups in total. The van der Waals surface area contributed by atoms with Gasteiger partial charge >= 0.3 is 0 Å². The van der Waals surface area contributed by atoms with Crippen LogP contribution in [0.5, 0.6) is 0 Å². The highest BCUT2D eigenvalue weighted by atomic mass is 16.7. The molecule has 4 nitrogen and oxygen atoms in total. The van der Waals surface area contributed by atoms with Crippen LogP contribution in [0.1, 0.15) is 55.4 Å². The fraction of sp³-hybridized carbons (Fsp3) is 1.00. The summed E-state index contributed by atoms with van der Waals surface area (Å²) in [4.78, 5) is 0. The zero-order chi connectivity index (χ0) is 14.7. The quantitative estimate of drug-likeness (QED) is 0.679. The van der Waals surface area contributed by atoms with E-state index in [1.54, 1.807) is 0 Å². The molecule has 0 amide bonds. The second kappa shape index (κ2) is 3.94. The highest BCUT2D eigenvalue weighted by Gasteiger charge is 2.75. The minimum Gasteiger partial charge on any atom is -0.349 e. The largest absolute Gasteiger partial charge is 0.349 e. The smallest absolute Gasteiger partial charge is 0.148 e. The number of ether oxygens (including phenoxy) is 4. The molecule has 2 fully saturated rings. The first-order valence-electron chi connectivity index (χ1n) is 6.97. The lowest BCUT2D eigenvalue weighted by molar-refractivity contribution is -0.442. The Morgan fingerprint density at radius 3 is 0.895 bits per heavy atom. The Labute approximate surface area is 116 Å². The van der Waals surface area contributed by atoms with E-state index in [2.05, 4.69) is 55.4 Å². The molecule has 0 saturated carbocycles. The zero-order valence-electron chi connectivity index (χ0n) is 13.5. The summed E-state index contributed by atoms with van der Waals surface area (Å²) in [7, 11) is 0. The predicted octanol–water partition coefficient (Wildman–Crippen LogP) is 3.10.